The smallest absolute Gasteiger partial charge is 0.320 e. The summed E-state index contributed by atoms with van der Waals surface area (Å²) in [7, 11) is 1.97. The van der Waals surface area contributed by atoms with E-state index in [1.807, 2.05) is 57.3 Å². The van der Waals surface area contributed by atoms with Gasteiger partial charge in [0, 0.05) is 56.8 Å². The Balaban J connectivity index is 1.67. The van der Waals surface area contributed by atoms with Crippen LogP contribution in [0, 0.1) is 0 Å². The number of anilines is 1. The Labute approximate surface area is 237 Å². The molecule has 2 amide bonds. The Hall–Kier alpha value is -2.92. The Morgan fingerprint density at radius 1 is 1.18 bits per heavy atom. The summed E-state index contributed by atoms with van der Waals surface area (Å²) in [5.41, 5.74) is 2.80. The number of benzene rings is 1. The van der Waals surface area contributed by atoms with Gasteiger partial charge < -0.3 is 10.6 Å². The van der Waals surface area contributed by atoms with Gasteiger partial charge in [-0.1, -0.05) is 29.3 Å². The first-order valence-corrected chi connectivity index (χ1v) is 13.5. The van der Waals surface area contributed by atoms with E-state index in [9.17, 15) is 4.79 Å². The van der Waals surface area contributed by atoms with Crippen molar-refractivity contribution in [3.8, 4) is 0 Å². The topological polar surface area (TPSA) is 107 Å². The highest BCUT2D eigenvalue weighted by Crippen LogP contribution is 2.38. The molecule has 12 heteroatoms. The van der Waals surface area contributed by atoms with Crippen molar-refractivity contribution in [1.29, 1.82) is 0 Å². The second kappa shape index (κ2) is 11.9. The van der Waals surface area contributed by atoms with Crippen LogP contribution in [-0.4, -0.2) is 51.0 Å². The zero-order valence-corrected chi connectivity index (χ0v) is 24.2. The summed E-state index contributed by atoms with van der Waals surface area (Å²) in [5.74, 6) is 0.879. The summed E-state index contributed by atoms with van der Waals surface area (Å²) in [6.45, 7) is 8.33. The fraction of sp³-hybridized carbons (Fsp3) is 0.346. The molecule has 0 aliphatic carbocycles. The lowest BCUT2D eigenvalue weighted by Crippen LogP contribution is -2.49. The number of hydrogen-bond acceptors (Lipinski definition) is 8. The van der Waals surface area contributed by atoms with Gasteiger partial charge >= 0.3 is 6.03 Å². The predicted octanol–water partition coefficient (Wildman–Crippen LogP) is 6.07. The molecular weight excluding hydrogens is 543 g/mol. The number of nitrogens with zero attached hydrogens (tertiary/aromatic N) is 5. The van der Waals surface area contributed by atoms with Crippen LogP contribution in [0.5, 0.6) is 0 Å². The molecule has 2 aliphatic rings. The van der Waals surface area contributed by atoms with Crippen molar-refractivity contribution < 1.29 is 4.79 Å². The molecule has 2 aliphatic heterocycles. The molecule has 1 aromatic heterocycles. The van der Waals surface area contributed by atoms with Gasteiger partial charge in [-0.15, -0.1) is 0 Å². The molecule has 0 saturated carbocycles. The standard InChI is InChI=1S/C26H30Cl2N8OS/c1-15-9-10-17(11-12-36(5)38-35-15)30-24-29-14-16-13-18(21-19(27)7-6-8-20(21)28)23(31-22(16)32-24)33-25(37)34-26(2,3)4/h6-11,14,18H,12-13H2,1-5H3,(H3,29,30,31,32,33,34,37)/b10-9?,17-11+,35-15?. The van der Waals surface area contributed by atoms with Crippen LogP contribution in [0.3, 0.4) is 0 Å². The molecule has 0 spiro atoms. The zero-order valence-electron chi connectivity index (χ0n) is 21.8. The van der Waals surface area contributed by atoms with Gasteiger partial charge in [0.25, 0.3) is 0 Å². The largest absolute Gasteiger partial charge is 0.333 e. The average Bonchev–Trinajstić information content (AvgIpc) is 2.90. The van der Waals surface area contributed by atoms with Crippen molar-refractivity contribution in [2.24, 2.45) is 9.39 Å². The monoisotopic (exact) mass is 572 g/mol. The number of aliphatic imine (C=N–C) groups is 1. The normalized spacial score (nSPS) is 19.6. The highest BCUT2D eigenvalue weighted by Gasteiger charge is 2.31. The molecule has 38 heavy (non-hydrogen) atoms. The summed E-state index contributed by atoms with van der Waals surface area (Å²) in [6, 6.07) is 4.96. The van der Waals surface area contributed by atoms with E-state index in [0.29, 0.717) is 46.2 Å². The van der Waals surface area contributed by atoms with Gasteiger partial charge in [-0.25, -0.2) is 23.5 Å². The number of aromatic nitrogens is 2. The van der Waals surface area contributed by atoms with Crippen molar-refractivity contribution in [1.82, 2.24) is 24.9 Å². The maximum Gasteiger partial charge on any atom is 0.320 e. The average molecular weight is 574 g/mol. The molecule has 0 radical (unpaired) electrons. The number of likely N-dealkylation sites (N-methyl/N-ethyl adjacent to an activating group) is 1. The Kier molecular flexibility index (Phi) is 8.77. The van der Waals surface area contributed by atoms with Crippen molar-refractivity contribution in [2.45, 2.75) is 45.6 Å². The molecule has 0 fully saturated rings. The minimum Gasteiger partial charge on any atom is -0.333 e. The van der Waals surface area contributed by atoms with E-state index in [2.05, 4.69) is 30.3 Å². The summed E-state index contributed by atoms with van der Waals surface area (Å²) in [6.07, 6.45) is 8.10. The SMILES string of the molecule is CC1=NSN(C)C/C=C(/Nc2ncc3c(n2)N=C(NC(=O)NC(C)(C)C)C(c2c(Cl)cccc2Cl)C3)C=C1. The molecule has 4 rings (SSSR count). The first kappa shape index (κ1) is 28.1. The number of amidine groups is 1. The van der Waals surface area contributed by atoms with Gasteiger partial charge in [-0.05, 0) is 71.5 Å². The number of allylic oxidation sites excluding steroid dienone is 2. The number of halogens is 2. The van der Waals surface area contributed by atoms with Gasteiger partial charge in [-0.3, -0.25) is 5.32 Å². The second-order valence-electron chi connectivity index (χ2n) is 10.0. The number of hydrogen-bond donors (Lipinski definition) is 3. The van der Waals surface area contributed by atoms with E-state index in [1.165, 1.54) is 12.1 Å². The highest BCUT2D eigenvalue weighted by atomic mass is 35.5. The number of amides is 2. The molecule has 0 saturated heterocycles. The van der Waals surface area contributed by atoms with Gasteiger partial charge in [0.05, 0.1) is 12.1 Å². The summed E-state index contributed by atoms with van der Waals surface area (Å²) >= 11 is 14.5. The van der Waals surface area contributed by atoms with Crippen LogP contribution in [0.25, 0.3) is 0 Å². The third kappa shape index (κ3) is 7.35. The maximum absolute atomic E-state index is 12.8. The van der Waals surface area contributed by atoms with Crippen LogP contribution < -0.4 is 16.0 Å². The minimum atomic E-state index is -0.429. The molecule has 1 atom stereocenters. The maximum atomic E-state index is 12.8. The lowest BCUT2D eigenvalue weighted by atomic mass is 9.89. The van der Waals surface area contributed by atoms with Gasteiger partial charge in [0.2, 0.25) is 5.95 Å². The Bertz CT molecular complexity index is 1330. The van der Waals surface area contributed by atoms with Gasteiger partial charge in [0.15, 0.2) is 5.82 Å². The number of carbonyl (C=O) groups excluding carboxylic acids is 1. The number of carbonyl (C=O) groups is 1. The zero-order chi connectivity index (χ0) is 27.4. The number of rotatable bonds is 3. The van der Waals surface area contributed by atoms with E-state index in [-0.39, 0.29) is 11.9 Å². The van der Waals surface area contributed by atoms with Crippen LogP contribution in [0.2, 0.25) is 10.0 Å². The predicted molar refractivity (Wildman–Crippen MR) is 158 cm³/mol. The molecule has 3 heterocycles. The van der Waals surface area contributed by atoms with Crippen LogP contribution in [-0.2, 0) is 6.42 Å². The van der Waals surface area contributed by atoms with Crippen molar-refractivity contribution in [3.05, 3.63) is 69.5 Å². The Morgan fingerprint density at radius 3 is 2.63 bits per heavy atom. The lowest BCUT2D eigenvalue weighted by molar-refractivity contribution is 0.236. The third-order valence-corrected chi connectivity index (χ3v) is 7.01. The van der Waals surface area contributed by atoms with Crippen molar-refractivity contribution in [3.63, 3.8) is 0 Å². The molecule has 200 valence electrons. The summed E-state index contributed by atoms with van der Waals surface area (Å²) in [5, 5.41) is 10.1. The molecule has 3 N–H and O–H groups in total. The van der Waals surface area contributed by atoms with E-state index in [0.717, 1.165) is 17.0 Å². The van der Waals surface area contributed by atoms with Crippen LogP contribution in [0.1, 0.15) is 44.7 Å². The Morgan fingerprint density at radius 2 is 1.92 bits per heavy atom. The van der Waals surface area contributed by atoms with Crippen LogP contribution in [0.4, 0.5) is 16.6 Å². The highest BCUT2D eigenvalue weighted by molar-refractivity contribution is 7.95. The van der Waals surface area contributed by atoms with E-state index >= 15 is 0 Å². The number of fused-ring (bicyclic) bond motifs is 1. The number of urea groups is 1. The fourth-order valence-electron chi connectivity index (χ4n) is 3.82. The molecule has 1 unspecified atom stereocenters. The lowest BCUT2D eigenvalue weighted by Gasteiger charge is -2.28. The van der Waals surface area contributed by atoms with Crippen molar-refractivity contribution in [2.75, 3.05) is 18.9 Å². The third-order valence-electron chi connectivity index (χ3n) is 5.55. The fourth-order valence-corrected chi connectivity index (χ4v) is 4.95. The minimum absolute atomic E-state index is 0.375. The van der Waals surface area contributed by atoms with Gasteiger partial charge in [-0.2, -0.15) is 4.98 Å². The van der Waals surface area contributed by atoms with Gasteiger partial charge in [0.1, 0.15) is 5.84 Å². The summed E-state index contributed by atoms with van der Waals surface area (Å²) < 4.78 is 6.44. The van der Waals surface area contributed by atoms with Crippen LogP contribution in [0.15, 0.2) is 57.7 Å². The van der Waals surface area contributed by atoms with E-state index in [1.54, 1.807) is 24.4 Å². The van der Waals surface area contributed by atoms with E-state index in [4.69, 9.17) is 28.2 Å². The first-order valence-electron chi connectivity index (χ1n) is 12.0. The molecular formula is C26H30Cl2N8OS. The molecule has 0 bridgehead atoms. The van der Waals surface area contributed by atoms with Crippen LogP contribution >= 0.6 is 35.3 Å². The number of nitrogens with one attached hydrogen (secondary N) is 3. The second-order valence-corrected chi connectivity index (χ2v) is 11.8. The molecule has 1 aromatic carbocycles. The summed E-state index contributed by atoms with van der Waals surface area (Å²) in [4.78, 5) is 26.7. The molecule has 9 nitrogen and oxygen atoms in total. The van der Waals surface area contributed by atoms with Crippen molar-refractivity contribution >= 4 is 64.7 Å². The molecule has 2 aromatic rings. The van der Waals surface area contributed by atoms with E-state index < -0.39 is 5.54 Å². The quantitative estimate of drug-likeness (QED) is 0.385. The first-order chi connectivity index (χ1) is 18.0.